The molecule has 1 N–H and O–H groups in total. The summed E-state index contributed by atoms with van der Waals surface area (Å²) in [5, 5.41) is 3.78. The molecule has 0 bridgehead atoms. The van der Waals surface area contributed by atoms with Crippen molar-refractivity contribution in [1.29, 1.82) is 0 Å². The lowest BCUT2D eigenvalue weighted by Crippen LogP contribution is -2.13. The number of halogens is 2. The van der Waals surface area contributed by atoms with Gasteiger partial charge in [-0.05, 0) is 41.5 Å². The Balaban J connectivity index is 1.98. The molecule has 0 aliphatic carbocycles. The van der Waals surface area contributed by atoms with E-state index in [2.05, 4.69) is 5.32 Å². The second-order valence-electron chi connectivity index (χ2n) is 4.53. The van der Waals surface area contributed by atoms with E-state index in [1.807, 2.05) is 18.2 Å². The van der Waals surface area contributed by atoms with E-state index in [0.717, 1.165) is 11.1 Å². The highest BCUT2D eigenvalue weighted by molar-refractivity contribution is 6.31. The second kappa shape index (κ2) is 7.29. The van der Waals surface area contributed by atoms with Crippen LogP contribution in [-0.4, -0.2) is 14.2 Å². The highest BCUT2D eigenvalue weighted by atomic mass is 35.5. The maximum absolute atomic E-state index is 13.2. The molecule has 0 radical (unpaired) electrons. The van der Waals surface area contributed by atoms with Gasteiger partial charge >= 0.3 is 0 Å². The van der Waals surface area contributed by atoms with Gasteiger partial charge in [0.25, 0.3) is 0 Å². The largest absolute Gasteiger partial charge is 0.493 e. The molecule has 0 spiro atoms. The number of rotatable bonds is 6. The van der Waals surface area contributed by atoms with Crippen LogP contribution in [0.15, 0.2) is 36.4 Å². The fourth-order valence-corrected chi connectivity index (χ4v) is 2.20. The molecule has 0 unspecified atom stereocenters. The Morgan fingerprint density at radius 2 is 1.76 bits per heavy atom. The third-order valence-corrected chi connectivity index (χ3v) is 3.47. The lowest BCUT2D eigenvalue weighted by Gasteiger charge is -2.11. The van der Waals surface area contributed by atoms with Crippen LogP contribution in [0.3, 0.4) is 0 Å². The zero-order chi connectivity index (χ0) is 15.2. The van der Waals surface area contributed by atoms with Gasteiger partial charge in [-0.2, -0.15) is 0 Å². The molecule has 2 aromatic rings. The minimum atomic E-state index is -0.290. The molecule has 0 aliphatic rings. The summed E-state index contributed by atoms with van der Waals surface area (Å²) < 4.78 is 23.6. The number of hydrogen-bond acceptors (Lipinski definition) is 3. The van der Waals surface area contributed by atoms with Crippen LogP contribution in [0.2, 0.25) is 5.02 Å². The van der Waals surface area contributed by atoms with Gasteiger partial charge in [0.05, 0.1) is 14.2 Å². The zero-order valence-corrected chi connectivity index (χ0v) is 12.7. The van der Waals surface area contributed by atoms with E-state index in [4.69, 9.17) is 21.1 Å². The molecular weight excluding hydrogens is 293 g/mol. The molecule has 5 heteroatoms. The monoisotopic (exact) mass is 309 g/mol. The summed E-state index contributed by atoms with van der Waals surface area (Å²) in [6.07, 6.45) is 0. The van der Waals surface area contributed by atoms with Crippen molar-refractivity contribution in [3.8, 4) is 11.5 Å². The Hall–Kier alpha value is -1.78. The highest BCUT2D eigenvalue weighted by Crippen LogP contribution is 2.27. The summed E-state index contributed by atoms with van der Waals surface area (Å²) in [7, 11) is 3.20. The number of nitrogens with one attached hydrogen (secondary N) is 1. The molecule has 2 aromatic carbocycles. The van der Waals surface area contributed by atoms with Crippen LogP contribution in [0.1, 0.15) is 11.1 Å². The smallest absolute Gasteiger partial charge is 0.161 e. The average molecular weight is 310 g/mol. The van der Waals surface area contributed by atoms with E-state index in [1.54, 1.807) is 20.3 Å². The normalized spacial score (nSPS) is 10.5. The Bertz CT molecular complexity index is 619. The summed E-state index contributed by atoms with van der Waals surface area (Å²) in [4.78, 5) is 0. The van der Waals surface area contributed by atoms with Crippen LogP contribution >= 0.6 is 11.6 Å². The van der Waals surface area contributed by atoms with Crippen LogP contribution in [0.25, 0.3) is 0 Å². The van der Waals surface area contributed by atoms with Crippen LogP contribution in [0.5, 0.6) is 11.5 Å². The maximum Gasteiger partial charge on any atom is 0.161 e. The molecule has 0 aromatic heterocycles. The summed E-state index contributed by atoms with van der Waals surface area (Å²) in [5.74, 6) is 1.08. The third kappa shape index (κ3) is 4.09. The molecule has 0 saturated heterocycles. The van der Waals surface area contributed by atoms with E-state index in [1.165, 1.54) is 12.1 Å². The first kappa shape index (κ1) is 15.6. The van der Waals surface area contributed by atoms with E-state index < -0.39 is 0 Å². The van der Waals surface area contributed by atoms with E-state index in [-0.39, 0.29) is 5.82 Å². The minimum Gasteiger partial charge on any atom is -0.493 e. The van der Waals surface area contributed by atoms with Crippen molar-refractivity contribution in [2.45, 2.75) is 13.1 Å². The quantitative estimate of drug-likeness (QED) is 0.880. The number of hydrogen-bond donors (Lipinski definition) is 1. The molecule has 0 saturated carbocycles. The van der Waals surface area contributed by atoms with Crippen molar-refractivity contribution < 1.29 is 13.9 Å². The fraction of sp³-hybridized carbons (Fsp3) is 0.250. The molecule has 112 valence electrons. The minimum absolute atomic E-state index is 0.290. The molecule has 0 aliphatic heterocycles. The summed E-state index contributed by atoms with van der Waals surface area (Å²) in [6.45, 7) is 1.11. The van der Waals surface area contributed by atoms with Gasteiger partial charge in [-0.15, -0.1) is 0 Å². The Labute approximate surface area is 128 Å². The third-order valence-electron chi connectivity index (χ3n) is 3.10. The predicted octanol–water partition coefficient (Wildman–Crippen LogP) is 3.79. The van der Waals surface area contributed by atoms with Crippen molar-refractivity contribution in [3.05, 3.63) is 58.4 Å². The number of ether oxygens (including phenoxy) is 2. The van der Waals surface area contributed by atoms with Gasteiger partial charge < -0.3 is 14.8 Å². The van der Waals surface area contributed by atoms with Gasteiger partial charge in [-0.3, -0.25) is 0 Å². The Kier molecular flexibility index (Phi) is 5.42. The standard InChI is InChI=1S/C16H17ClFNO2/c1-20-15-6-3-11(7-16(15)21-2)9-19-10-12-8-13(18)4-5-14(12)17/h3-8,19H,9-10H2,1-2H3. The molecule has 0 atom stereocenters. The van der Waals surface area contributed by atoms with Gasteiger partial charge in [0, 0.05) is 18.1 Å². The van der Waals surface area contributed by atoms with Crippen molar-refractivity contribution in [1.82, 2.24) is 5.32 Å². The van der Waals surface area contributed by atoms with E-state index in [9.17, 15) is 4.39 Å². The number of benzene rings is 2. The molecule has 0 fully saturated rings. The van der Waals surface area contributed by atoms with Gasteiger partial charge in [0.2, 0.25) is 0 Å². The Morgan fingerprint density at radius 3 is 2.48 bits per heavy atom. The lowest BCUT2D eigenvalue weighted by atomic mass is 10.2. The average Bonchev–Trinajstić information content (AvgIpc) is 2.50. The van der Waals surface area contributed by atoms with Gasteiger partial charge in [-0.1, -0.05) is 17.7 Å². The first-order valence-electron chi connectivity index (χ1n) is 6.49. The zero-order valence-electron chi connectivity index (χ0n) is 12.0. The second-order valence-corrected chi connectivity index (χ2v) is 4.94. The molecule has 3 nitrogen and oxygen atoms in total. The molecule has 2 rings (SSSR count). The first-order chi connectivity index (χ1) is 10.1. The van der Waals surface area contributed by atoms with Crippen molar-refractivity contribution in [2.75, 3.05) is 14.2 Å². The maximum atomic E-state index is 13.2. The SMILES string of the molecule is COc1ccc(CNCc2cc(F)ccc2Cl)cc1OC. The van der Waals surface area contributed by atoms with Gasteiger partial charge in [-0.25, -0.2) is 4.39 Å². The van der Waals surface area contributed by atoms with E-state index in [0.29, 0.717) is 29.6 Å². The Morgan fingerprint density at radius 1 is 1.00 bits per heavy atom. The van der Waals surface area contributed by atoms with Crippen LogP contribution in [0, 0.1) is 5.82 Å². The molecular formula is C16H17ClFNO2. The number of methoxy groups -OCH3 is 2. The molecule has 0 amide bonds. The van der Waals surface area contributed by atoms with Crippen molar-refractivity contribution in [2.24, 2.45) is 0 Å². The summed E-state index contributed by atoms with van der Waals surface area (Å²) in [6, 6.07) is 10.0. The van der Waals surface area contributed by atoms with Crippen LogP contribution in [-0.2, 0) is 13.1 Å². The van der Waals surface area contributed by atoms with Crippen molar-refractivity contribution in [3.63, 3.8) is 0 Å². The van der Waals surface area contributed by atoms with Gasteiger partial charge in [0.1, 0.15) is 5.82 Å². The van der Waals surface area contributed by atoms with Crippen LogP contribution in [0.4, 0.5) is 4.39 Å². The fourth-order valence-electron chi connectivity index (χ4n) is 2.01. The molecule has 0 heterocycles. The van der Waals surface area contributed by atoms with Crippen LogP contribution < -0.4 is 14.8 Å². The summed E-state index contributed by atoms with van der Waals surface area (Å²) >= 11 is 6.02. The van der Waals surface area contributed by atoms with E-state index >= 15 is 0 Å². The predicted molar refractivity (Wildman–Crippen MR) is 81.5 cm³/mol. The van der Waals surface area contributed by atoms with Crippen molar-refractivity contribution >= 4 is 11.6 Å². The molecule has 21 heavy (non-hydrogen) atoms. The lowest BCUT2D eigenvalue weighted by molar-refractivity contribution is 0.354. The first-order valence-corrected chi connectivity index (χ1v) is 6.87. The summed E-state index contributed by atoms with van der Waals surface area (Å²) in [5.41, 5.74) is 1.78. The topological polar surface area (TPSA) is 30.5 Å². The highest BCUT2D eigenvalue weighted by Gasteiger charge is 2.05. The van der Waals surface area contributed by atoms with Gasteiger partial charge in [0.15, 0.2) is 11.5 Å².